The summed E-state index contributed by atoms with van der Waals surface area (Å²) in [4.78, 5) is 29.9. The minimum atomic E-state index is -0.561. The molecule has 1 aliphatic heterocycles. The molecule has 2 atom stereocenters. The van der Waals surface area contributed by atoms with E-state index in [0.29, 0.717) is 24.3 Å². The van der Waals surface area contributed by atoms with Gasteiger partial charge in [-0.1, -0.05) is 12.1 Å². The van der Waals surface area contributed by atoms with Crippen LogP contribution in [0.1, 0.15) is 44.6 Å². The van der Waals surface area contributed by atoms with Crippen LogP contribution in [0.2, 0.25) is 0 Å². The highest BCUT2D eigenvalue weighted by atomic mass is 16.5. The minimum absolute atomic E-state index is 0.0904. The van der Waals surface area contributed by atoms with Gasteiger partial charge in [-0.2, -0.15) is 0 Å². The molecule has 2 aliphatic rings. The molecule has 25 heavy (non-hydrogen) atoms. The number of carbonyl (C=O) groups excluding carboxylic acids is 2. The molecule has 1 aliphatic carbocycles. The predicted octanol–water partition coefficient (Wildman–Crippen LogP) is 3.44. The van der Waals surface area contributed by atoms with Crippen molar-refractivity contribution in [3.63, 3.8) is 0 Å². The second-order valence-electron chi connectivity index (χ2n) is 6.37. The number of Topliss-reactive ketones (excluding diaryl/α,β-unsaturated/α-hetero) is 1. The lowest BCUT2D eigenvalue weighted by Crippen LogP contribution is -2.37. The zero-order valence-corrected chi connectivity index (χ0v) is 14.9. The Morgan fingerprint density at radius 2 is 1.96 bits per heavy atom. The number of ether oxygens (including phenoxy) is 2. The Hall–Kier alpha value is -2.43. The summed E-state index contributed by atoms with van der Waals surface area (Å²) in [6.45, 7) is 3.94. The highest BCUT2D eigenvalue weighted by Gasteiger charge is 2.42. The zero-order valence-electron chi connectivity index (χ0n) is 14.9. The summed E-state index contributed by atoms with van der Waals surface area (Å²) in [5.74, 6) is -0.400. The molecule has 3 rings (SSSR count). The molecule has 1 aromatic rings. The van der Waals surface area contributed by atoms with E-state index in [2.05, 4.69) is 4.99 Å². The second kappa shape index (κ2) is 7.21. The number of hydrogen-bond donors (Lipinski definition) is 0. The summed E-state index contributed by atoms with van der Waals surface area (Å²) in [6, 6.07) is 7.54. The van der Waals surface area contributed by atoms with Gasteiger partial charge >= 0.3 is 5.97 Å². The number of hydrogen-bond acceptors (Lipinski definition) is 5. The smallest absolute Gasteiger partial charge is 0.315 e. The first-order valence-electron chi connectivity index (χ1n) is 8.68. The largest absolute Gasteiger partial charge is 0.497 e. The molecule has 0 N–H and O–H groups in total. The lowest BCUT2D eigenvalue weighted by Gasteiger charge is -2.34. The molecule has 0 bridgehead atoms. The van der Waals surface area contributed by atoms with Crippen LogP contribution in [0.25, 0.3) is 0 Å². The number of benzene rings is 1. The van der Waals surface area contributed by atoms with Crippen LogP contribution >= 0.6 is 0 Å². The summed E-state index contributed by atoms with van der Waals surface area (Å²) >= 11 is 0. The normalized spacial score (nSPS) is 23.0. The molecule has 1 heterocycles. The quantitative estimate of drug-likeness (QED) is 0.787. The topological polar surface area (TPSA) is 65.0 Å². The summed E-state index contributed by atoms with van der Waals surface area (Å²) in [7, 11) is 1.61. The molecular weight excluding hydrogens is 318 g/mol. The molecule has 0 saturated heterocycles. The zero-order chi connectivity index (χ0) is 18.0. The van der Waals surface area contributed by atoms with Gasteiger partial charge in [0.2, 0.25) is 0 Å². The van der Waals surface area contributed by atoms with Gasteiger partial charge < -0.3 is 9.47 Å². The summed E-state index contributed by atoms with van der Waals surface area (Å²) < 4.78 is 10.5. The van der Waals surface area contributed by atoms with E-state index in [1.807, 2.05) is 31.2 Å². The van der Waals surface area contributed by atoms with Gasteiger partial charge in [-0.3, -0.25) is 14.6 Å². The third kappa shape index (κ3) is 3.23. The Morgan fingerprint density at radius 3 is 2.60 bits per heavy atom. The molecule has 1 aromatic carbocycles. The number of methoxy groups -OCH3 is 1. The Labute approximate surface area is 147 Å². The van der Waals surface area contributed by atoms with Gasteiger partial charge in [-0.25, -0.2) is 0 Å². The third-order valence-corrected chi connectivity index (χ3v) is 4.85. The standard InChI is InChI=1S/C20H23NO4/c1-4-25-20(23)17-12(2)21-15-6-5-7-16(22)19(15)18(17)13-8-10-14(24-3)11-9-13/h8-11,17-18H,4-7H2,1-3H3/t17?,18-/m0/s1. The van der Waals surface area contributed by atoms with Crippen LogP contribution in [0.3, 0.4) is 0 Å². The van der Waals surface area contributed by atoms with Crippen LogP contribution in [0.5, 0.6) is 5.75 Å². The van der Waals surface area contributed by atoms with Crippen molar-refractivity contribution in [1.29, 1.82) is 0 Å². The monoisotopic (exact) mass is 341 g/mol. The van der Waals surface area contributed by atoms with Crippen molar-refractivity contribution < 1.29 is 19.1 Å². The van der Waals surface area contributed by atoms with Crippen molar-refractivity contribution >= 4 is 17.5 Å². The van der Waals surface area contributed by atoms with Crippen LogP contribution in [0.15, 0.2) is 40.5 Å². The Morgan fingerprint density at radius 1 is 1.24 bits per heavy atom. The van der Waals surface area contributed by atoms with Gasteiger partial charge in [0.15, 0.2) is 5.78 Å². The fourth-order valence-electron chi connectivity index (χ4n) is 3.72. The van der Waals surface area contributed by atoms with E-state index in [4.69, 9.17) is 9.47 Å². The van der Waals surface area contributed by atoms with E-state index in [0.717, 1.165) is 29.9 Å². The van der Waals surface area contributed by atoms with Crippen LogP contribution in [-0.4, -0.2) is 31.2 Å². The van der Waals surface area contributed by atoms with Crippen LogP contribution < -0.4 is 4.74 Å². The van der Waals surface area contributed by atoms with Crippen molar-refractivity contribution in [3.8, 4) is 5.75 Å². The number of aliphatic imine (C=N–C) groups is 1. The van der Waals surface area contributed by atoms with Crippen LogP contribution in [-0.2, 0) is 14.3 Å². The first-order valence-corrected chi connectivity index (χ1v) is 8.68. The van der Waals surface area contributed by atoms with Gasteiger partial charge in [0.25, 0.3) is 0 Å². The van der Waals surface area contributed by atoms with E-state index in [1.54, 1.807) is 14.0 Å². The van der Waals surface area contributed by atoms with Crippen molar-refractivity contribution in [2.75, 3.05) is 13.7 Å². The van der Waals surface area contributed by atoms with Crippen LogP contribution in [0.4, 0.5) is 0 Å². The molecule has 0 aromatic heterocycles. The van der Waals surface area contributed by atoms with Crippen molar-refractivity contribution in [3.05, 3.63) is 41.1 Å². The maximum Gasteiger partial charge on any atom is 0.315 e. The lowest BCUT2D eigenvalue weighted by atomic mass is 9.72. The van der Waals surface area contributed by atoms with E-state index < -0.39 is 5.92 Å². The number of ketones is 1. The number of carbonyl (C=O) groups is 2. The molecule has 0 amide bonds. The SMILES string of the molecule is CCOC(=O)C1C(C)=NC2=C(C(=O)CCC2)[C@H]1c1ccc(OC)cc1. The Kier molecular flexibility index (Phi) is 5.02. The Bertz CT molecular complexity index is 745. The molecule has 0 saturated carbocycles. The van der Waals surface area contributed by atoms with E-state index in [1.165, 1.54) is 0 Å². The average Bonchev–Trinajstić information content (AvgIpc) is 2.61. The van der Waals surface area contributed by atoms with Gasteiger partial charge in [-0.05, 0) is 44.4 Å². The fraction of sp³-hybridized carbons (Fsp3) is 0.450. The van der Waals surface area contributed by atoms with Gasteiger partial charge in [0.05, 0.1) is 13.7 Å². The molecule has 1 unspecified atom stereocenters. The summed E-state index contributed by atoms with van der Waals surface area (Å²) in [6.07, 6.45) is 2.10. The second-order valence-corrected chi connectivity index (χ2v) is 6.37. The first-order chi connectivity index (χ1) is 12.1. The van der Waals surface area contributed by atoms with Crippen molar-refractivity contribution in [1.82, 2.24) is 0 Å². The van der Waals surface area contributed by atoms with Crippen molar-refractivity contribution in [2.24, 2.45) is 10.9 Å². The van der Waals surface area contributed by atoms with Gasteiger partial charge in [-0.15, -0.1) is 0 Å². The fourth-order valence-corrected chi connectivity index (χ4v) is 3.72. The number of nitrogens with zero attached hydrogens (tertiary/aromatic N) is 1. The van der Waals surface area contributed by atoms with Gasteiger partial charge in [0.1, 0.15) is 11.7 Å². The minimum Gasteiger partial charge on any atom is -0.497 e. The highest BCUT2D eigenvalue weighted by molar-refractivity contribution is 6.08. The average molecular weight is 341 g/mol. The molecule has 5 nitrogen and oxygen atoms in total. The lowest BCUT2D eigenvalue weighted by molar-refractivity contribution is -0.146. The summed E-state index contributed by atoms with van der Waals surface area (Å²) in [5.41, 5.74) is 3.14. The van der Waals surface area contributed by atoms with E-state index in [9.17, 15) is 9.59 Å². The highest BCUT2D eigenvalue weighted by Crippen LogP contribution is 2.43. The maximum atomic E-state index is 12.7. The van der Waals surface area contributed by atoms with Gasteiger partial charge in [0, 0.05) is 29.3 Å². The number of esters is 1. The molecule has 5 heteroatoms. The Balaban J connectivity index is 2.11. The third-order valence-electron chi connectivity index (χ3n) is 4.85. The predicted molar refractivity (Wildman–Crippen MR) is 94.9 cm³/mol. The molecule has 0 spiro atoms. The summed E-state index contributed by atoms with van der Waals surface area (Å²) in [5, 5.41) is 0. The number of rotatable bonds is 4. The molecular formula is C20H23NO4. The van der Waals surface area contributed by atoms with Crippen molar-refractivity contribution in [2.45, 2.75) is 39.0 Å². The molecule has 0 fully saturated rings. The van der Waals surface area contributed by atoms with Crippen LogP contribution in [0, 0.1) is 5.92 Å². The maximum absolute atomic E-state index is 12.7. The van der Waals surface area contributed by atoms with E-state index >= 15 is 0 Å². The number of allylic oxidation sites excluding steroid dienone is 2. The molecule has 132 valence electrons. The molecule has 0 radical (unpaired) electrons. The first kappa shape index (κ1) is 17.4. The van der Waals surface area contributed by atoms with E-state index in [-0.39, 0.29) is 17.7 Å².